The lowest BCUT2D eigenvalue weighted by molar-refractivity contribution is 0.238. The van der Waals surface area contributed by atoms with Gasteiger partial charge < -0.3 is 10.2 Å². The molecule has 0 saturated carbocycles. The van der Waals surface area contributed by atoms with Crippen LogP contribution in [0.3, 0.4) is 0 Å². The topological polar surface area (TPSA) is 75.0 Å². The first-order valence-electron chi connectivity index (χ1n) is 8.15. The second kappa shape index (κ2) is 7.36. The van der Waals surface area contributed by atoms with Gasteiger partial charge in [0.2, 0.25) is 5.95 Å². The molecule has 2 aromatic rings. The summed E-state index contributed by atoms with van der Waals surface area (Å²) in [5.41, 5.74) is 0.998. The predicted octanol–water partition coefficient (Wildman–Crippen LogP) is 0.631. The van der Waals surface area contributed by atoms with Crippen molar-refractivity contribution in [2.24, 2.45) is 0 Å². The van der Waals surface area contributed by atoms with Gasteiger partial charge in [0.1, 0.15) is 5.82 Å². The largest absolute Gasteiger partial charge is 0.370 e. The molecule has 2 aromatic heterocycles. The summed E-state index contributed by atoms with van der Waals surface area (Å²) in [6, 6.07) is 1.99. The second-order valence-electron chi connectivity index (χ2n) is 5.68. The van der Waals surface area contributed by atoms with E-state index in [2.05, 4.69) is 42.2 Å². The van der Waals surface area contributed by atoms with Gasteiger partial charge >= 0.3 is 0 Å². The lowest BCUT2D eigenvalue weighted by Gasteiger charge is -2.34. The third kappa shape index (κ3) is 4.16. The zero-order valence-corrected chi connectivity index (χ0v) is 13.8. The van der Waals surface area contributed by atoms with Gasteiger partial charge in [-0.15, -0.1) is 0 Å². The fraction of sp³-hybridized carbons (Fsp3) is 0.600. The number of nitrogens with zero attached hydrogens (tertiary/aromatic N) is 7. The molecule has 23 heavy (non-hydrogen) atoms. The highest BCUT2D eigenvalue weighted by Crippen LogP contribution is 2.15. The maximum absolute atomic E-state index is 4.62. The zero-order valence-electron chi connectivity index (χ0n) is 13.8. The molecule has 0 bridgehead atoms. The maximum Gasteiger partial charge on any atom is 0.227 e. The first kappa shape index (κ1) is 15.7. The highest BCUT2D eigenvalue weighted by molar-refractivity contribution is 5.43. The van der Waals surface area contributed by atoms with Gasteiger partial charge in [0, 0.05) is 51.0 Å². The molecule has 8 heteroatoms. The van der Waals surface area contributed by atoms with Crippen molar-refractivity contribution in [1.82, 2.24) is 29.9 Å². The highest BCUT2D eigenvalue weighted by Gasteiger charge is 2.19. The van der Waals surface area contributed by atoms with Crippen LogP contribution < -0.4 is 10.2 Å². The molecule has 124 valence electrons. The summed E-state index contributed by atoms with van der Waals surface area (Å²) in [5.74, 6) is 1.73. The maximum atomic E-state index is 4.62. The minimum Gasteiger partial charge on any atom is -0.370 e. The lowest BCUT2D eigenvalue weighted by Crippen LogP contribution is -2.48. The van der Waals surface area contributed by atoms with Crippen molar-refractivity contribution < 1.29 is 0 Å². The predicted molar refractivity (Wildman–Crippen MR) is 89.6 cm³/mol. The Morgan fingerprint density at radius 3 is 2.48 bits per heavy atom. The third-order valence-electron chi connectivity index (χ3n) is 3.94. The fourth-order valence-corrected chi connectivity index (χ4v) is 2.73. The molecule has 0 radical (unpaired) electrons. The molecule has 0 unspecified atom stereocenters. The Hall–Kier alpha value is -2.22. The molecule has 8 nitrogen and oxygen atoms in total. The number of aryl methyl sites for hydroxylation is 1. The third-order valence-corrected chi connectivity index (χ3v) is 3.94. The average Bonchev–Trinajstić information content (AvgIpc) is 3.07. The van der Waals surface area contributed by atoms with Gasteiger partial charge in [-0.2, -0.15) is 20.0 Å². The molecule has 1 fully saturated rings. The SMILES string of the molecule is CCNc1cc(C)nc(N2CCN(CCn3nccn3)CC2)n1. The molecule has 1 N–H and O–H groups in total. The first-order chi connectivity index (χ1) is 11.2. The van der Waals surface area contributed by atoms with E-state index < -0.39 is 0 Å². The van der Waals surface area contributed by atoms with E-state index in [1.165, 1.54) is 0 Å². The summed E-state index contributed by atoms with van der Waals surface area (Å²) >= 11 is 0. The molecule has 1 saturated heterocycles. The van der Waals surface area contributed by atoms with Crippen LogP contribution in [0.2, 0.25) is 0 Å². The van der Waals surface area contributed by atoms with Crippen LogP contribution in [0.5, 0.6) is 0 Å². The highest BCUT2D eigenvalue weighted by atomic mass is 15.5. The Morgan fingerprint density at radius 1 is 1.04 bits per heavy atom. The average molecular weight is 316 g/mol. The summed E-state index contributed by atoms with van der Waals surface area (Å²) in [7, 11) is 0. The molecular formula is C15H24N8. The van der Waals surface area contributed by atoms with E-state index in [1.54, 1.807) is 17.2 Å². The van der Waals surface area contributed by atoms with Crippen LogP contribution in [-0.2, 0) is 6.54 Å². The zero-order chi connectivity index (χ0) is 16.1. The van der Waals surface area contributed by atoms with E-state index in [9.17, 15) is 0 Å². The van der Waals surface area contributed by atoms with Crippen molar-refractivity contribution in [3.8, 4) is 0 Å². The number of hydrogen-bond donors (Lipinski definition) is 1. The Labute approximate surface area is 136 Å². The molecule has 3 heterocycles. The Kier molecular flexibility index (Phi) is 5.02. The van der Waals surface area contributed by atoms with Crippen LogP contribution >= 0.6 is 0 Å². The van der Waals surface area contributed by atoms with Crippen molar-refractivity contribution in [3.05, 3.63) is 24.2 Å². The van der Waals surface area contributed by atoms with E-state index in [0.717, 1.165) is 63.3 Å². The molecule has 1 aliphatic rings. The Bertz CT molecular complexity index is 604. The van der Waals surface area contributed by atoms with Gasteiger partial charge in [-0.25, -0.2) is 4.98 Å². The summed E-state index contributed by atoms with van der Waals surface area (Å²) < 4.78 is 0. The fourth-order valence-electron chi connectivity index (χ4n) is 2.73. The van der Waals surface area contributed by atoms with E-state index in [0.29, 0.717) is 0 Å². The molecule has 1 aliphatic heterocycles. The Balaban J connectivity index is 1.54. The number of rotatable bonds is 6. The van der Waals surface area contributed by atoms with Crippen molar-refractivity contribution in [1.29, 1.82) is 0 Å². The van der Waals surface area contributed by atoms with Gasteiger partial charge in [0.15, 0.2) is 0 Å². The van der Waals surface area contributed by atoms with Crippen LogP contribution in [-0.4, -0.2) is 69.1 Å². The lowest BCUT2D eigenvalue weighted by atomic mass is 10.3. The van der Waals surface area contributed by atoms with E-state index >= 15 is 0 Å². The minimum absolute atomic E-state index is 0.828. The quantitative estimate of drug-likeness (QED) is 0.838. The van der Waals surface area contributed by atoms with Crippen LogP contribution in [0, 0.1) is 6.92 Å². The molecule has 0 aliphatic carbocycles. The van der Waals surface area contributed by atoms with Crippen LogP contribution in [0.15, 0.2) is 18.5 Å². The minimum atomic E-state index is 0.828. The summed E-state index contributed by atoms with van der Waals surface area (Å²) in [5, 5.41) is 11.6. The van der Waals surface area contributed by atoms with Gasteiger partial charge in [-0.3, -0.25) is 4.90 Å². The molecule has 0 spiro atoms. The summed E-state index contributed by atoms with van der Waals surface area (Å²) in [4.78, 5) is 15.6. The van der Waals surface area contributed by atoms with Gasteiger partial charge in [0.05, 0.1) is 18.9 Å². The monoisotopic (exact) mass is 316 g/mol. The number of aromatic nitrogens is 5. The van der Waals surface area contributed by atoms with E-state index in [-0.39, 0.29) is 0 Å². The number of anilines is 2. The molecule has 0 atom stereocenters. The van der Waals surface area contributed by atoms with Crippen molar-refractivity contribution in [2.75, 3.05) is 49.5 Å². The van der Waals surface area contributed by atoms with E-state index in [4.69, 9.17) is 0 Å². The summed E-state index contributed by atoms with van der Waals surface area (Å²) in [6.45, 7) is 10.7. The van der Waals surface area contributed by atoms with Crippen LogP contribution in [0.25, 0.3) is 0 Å². The smallest absolute Gasteiger partial charge is 0.227 e. The first-order valence-corrected chi connectivity index (χ1v) is 8.15. The Morgan fingerprint density at radius 2 is 1.78 bits per heavy atom. The van der Waals surface area contributed by atoms with E-state index in [1.807, 2.05) is 13.0 Å². The van der Waals surface area contributed by atoms with Crippen molar-refractivity contribution in [3.63, 3.8) is 0 Å². The molecular weight excluding hydrogens is 292 g/mol. The van der Waals surface area contributed by atoms with Gasteiger partial charge in [-0.05, 0) is 13.8 Å². The number of hydrogen-bond acceptors (Lipinski definition) is 7. The van der Waals surface area contributed by atoms with Crippen LogP contribution in [0.4, 0.5) is 11.8 Å². The van der Waals surface area contributed by atoms with Crippen molar-refractivity contribution in [2.45, 2.75) is 20.4 Å². The summed E-state index contributed by atoms with van der Waals surface area (Å²) in [6.07, 6.45) is 3.43. The van der Waals surface area contributed by atoms with Crippen LogP contribution in [0.1, 0.15) is 12.6 Å². The van der Waals surface area contributed by atoms with Crippen molar-refractivity contribution >= 4 is 11.8 Å². The van der Waals surface area contributed by atoms with Gasteiger partial charge in [-0.1, -0.05) is 0 Å². The molecule has 0 amide bonds. The normalized spacial score (nSPS) is 15.8. The standard InChI is InChI=1S/C15H24N8/c1-3-16-14-12-13(2)19-15(20-14)22-9-6-21(7-10-22)8-11-23-17-4-5-18-23/h4-5,12H,3,6-11H2,1-2H3,(H,16,19,20). The molecule has 0 aromatic carbocycles. The molecule has 3 rings (SSSR count). The number of nitrogens with one attached hydrogen (secondary N) is 1. The van der Waals surface area contributed by atoms with Gasteiger partial charge in [0.25, 0.3) is 0 Å². The number of piperazine rings is 1. The second-order valence-corrected chi connectivity index (χ2v) is 5.68.